The second-order valence-corrected chi connectivity index (χ2v) is 4.69. The van der Waals surface area contributed by atoms with Gasteiger partial charge in [0.05, 0.1) is 6.20 Å². The SMILES string of the molecule is CC(C)N(CCBr)c1ccn2nccc2n1. The van der Waals surface area contributed by atoms with Crippen LogP contribution in [0.2, 0.25) is 0 Å². The number of rotatable bonds is 4. The van der Waals surface area contributed by atoms with E-state index in [1.54, 1.807) is 10.7 Å². The number of hydrogen-bond donors (Lipinski definition) is 0. The highest BCUT2D eigenvalue weighted by atomic mass is 79.9. The smallest absolute Gasteiger partial charge is 0.157 e. The molecule has 2 rings (SSSR count). The van der Waals surface area contributed by atoms with Crippen LogP contribution in [0.1, 0.15) is 13.8 Å². The van der Waals surface area contributed by atoms with Gasteiger partial charge in [-0.05, 0) is 19.9 Å². The Hall–Kier alpha value is -1.10. The third-order valence-electron chi connectivity index (χ3n) is 2.49. The van der Waals surface area contributed by atoms with Gasteiger partial charge in [-0.1, -0.05) is 15.9 Å². The van der Waals surface area contributed by atoms with E-state index in [0.717, 1.165) is 23.3 Å². The van der Waals surface area contributed by atoms with Crippen molar-refractivity contribution in [2.45, 2.75) is 19.9 Å². The third kappa shape index (κ3) is 2.19. The summed E-state index contributed by atoms with van der Waals surface area (Å²) >= 11 is 3.47. The zero-order chi connectivity index (χ0) is 11.5. The van der Waals surface area contributed by atoms with Crippen molar-refractivity contribution >= 4 is 27.4 Å². The molecular weight excluding hydrogens is 268 g/mol. The van der Waals surface area contributed by atoms with E-state index in [9.17, 15) is 0 Å². The van der Waals surface area contributed by atoms with Crippen LogP contribution in [0.15, 0.2) is 24.5 Å². The minimum Gasteiger partial charge on any atom is -0.353 e. The Bertz CT molecular complexity index is 466. The topological polar surface area (TPSA) is 33.4 Å². The molecule has 0 saturated heterocycles. The molecule has 16 heavy (non-hydrogen) atoms. The summed E-state index contributed by atoms with van der Waals surface area (Å²) in [5.74, 6) is 1.00. The Labute approximate surface area is 103 Å². The molecule has 4 nitrogen and oxygen atoms in total. The summed E-state index contributed by atoms with van der Waals surface area (Å²) < 4.78 is 1.77. The summed E-state index contributed by atoms with van der Waals surface area (Å²) in [6.07, 6.45) is 3.71. The van der Waals surface area contributed by atoms with Crippen molar-refractivity contribution in [2.24, 2.45) is 0 Å². The predicted octanol–water partition coefficient (Wildman–Crippen LogP) is 2.34. The summed E-state index contributed by atoms with van der Waals surface area (Å²) in [5, 5.41) is 5.08. The lowest BCUT2D eigenvalue weighted by molar-refractivity contribution is 0.696. The Morgan fingerprint density at radius 3 is 2.94 bits per heavy atom. The molecule has 86 valence electrons. The van der Waals surface area contributed by atoms with E-state index in [1.807, 2.05) is 18.3 Å². The first-order chi connectivity index (χ1) is 7.72. The second-order valence-electron chi connectivity index (χ2n) is 3.90. The van der Waals surface area contributed by atoms with Crippen molar-refractivity contribution in [3.63, 3.8) is 0 Å². The highest BCUT2D eigenvalue weighted by Gasteiger charge is 2.11. The predicted molar refractivity (Wildman–Crippen MR) is 69.3 cm³/mol. The first-order valence-corrected chi connectivity index (χ1v) is 6.47. The largest absolute Gasteiger partial charge is 0.353 e. The van der Waals surface area contributed by atoms with Crippen LogP contribution in [0, 0.1) is 0 Å². The first kappa shape index (κ1) is 11.4. The molecule has 0 fully saturated rings. The summed E-state index contributed by atoms with van der Waals surface area (Å²) in [5.41, 5.74) is 0.887. The normalized spacial score (nSPS) is 11.2. The molecule has 0 aliphatic carbocycles. The lowest BCUT2D eigenvalue weighted by Gasteiger charge is -2.26. The summed E-state index contributed by atoms with van der Waals surface area (Å²) in [6, 6.07) is 4.36. The van der Waals surface area contributed by atoms with Gasteiger partial charge in [0.2, 0.25) is 0 Å². The number of nitrogens with zero attached hydrogens (tertiary/aromatic N) is 4. The summed E-state index contributed by atoms with van der Waals surface area (Å²) in [4.78, 5) is 6.85. The molecular formula is C11H15BrN4. The maximum absolute atomic E-state index is 4.58. The van der Waals surface area contributed by atoms with Gasteiger partial charge >= 0.3 is 0 Å². The molecule has 0 aromatic carbocycles. The van der Waals surface area contributed by atoms with E-state index in [1.165, 1.54) is 0 Å². The van der Waals surface area contributed by atoms with Gasteiger partial charge in [0.25, 0.3) is 0 Å². The van der Waals surface area contributed by atoms with Crippen LogP contribution in [0.25, 0.3) is 5.65 Å². The van der Waals surface area contributed by atoms with Crippen LogP contribution in [-0.2, 0) is 0 Å². The van der Waals surface area contributed by atoms with E-state index in [2.05, 4.69) is 44.8 Å². The fraction of sp³-hybridized carbons (Fsp3) is 0.455. The van der Waals surface area contributed by atoms with Crippen molar-refractivity contribution in [3.8, 4) is 0 Å². The Morgan fingerprint density at radius 1 is 1.44 bits per heavy atom. The lowest BCUT2D eigenvalue weighted by Crippen LogP contribution is -2.33. The second kappa shape index (κ2) is 4.82. The molecule has 0 N–H and O–H groups in total. The molecule has 0 bridgehead atoms. The minimum atomic E-state index is 0.440. The number of hydrogen-bond acceptors (Lipinski definition) is 3. The summed E-state index contributed by atoms with van der Waals surface area (Å²) in [7, 11) is 0. The van der Waals surface area contributed by atoms with Crippen LogP contribution >= 0.6 is 15.9 Å². The van der Waals surface area contributed by atoms with Gasteiger partial charge in [0.1, 0.15) is 5.82 Å². The third-order valence-corrected chi connectivity index (χ3v) is 2.84. The monoisotopic (exact) mass is 282 g/mol. The molecule has 2 aromatic rings. The average molecular weight is 283 g/mol. The molecule has 0 atom stereocenters. The highest BCUT2D eigenvalue weighted by Crippen LogP contribution is 2.15. The average Bonchev–Trinajstić information content (AvgIpc) is 2.72. The minimum absolute atomic E-state index is 0.440. The Morgan fingerprint density at radius 2 is 2.25 bits per heavy atom. The van der Waals surface area contributed by atoms with Crippen molar-refractivity contribution in [2.75, 3.05) is 16.8 Å². The lowest BCUT2D eigenvalue weighted by atomic mass is 10.3. The van der Waals surface area contributed by atoms with Crippen LogP contribution in [0.5, 0.6) is 0 Å². The molecule has 0 aliphatic heterocycles. The standard InChI is InChI=1S/C11H15BrN4/c1-9(2)15(8-5-12)10-4-7-16-11(14-10)3-6-13-16/h3-4,6-7,9H,5,8H2,1-2H3. The van der Waals surface area contributed by atoms with Crippen LogP contribution in [-0.4, -0.2) is 32.5 Å². The zero-order valence-corrected chi connectivity index (χ0v) is 11.1. The highest BCUT2D eigenvalue weighted by molar-refractivity contribution is 9.09. The van der Waals surface area contributed by atoms with Crippen molar-refractivity contribution in [1.29, 1.82) is 0 Å². The molecule has 2 heterocycles. The maximum Gasteiger partial charge on any atom is 0.157 e. The Kier molecular flexibility index (Phi) is 3.43. The van der Waals surface area contributed by atoms with E-state index in [4.69, 9.17) is 0 Å². The summed E-state index contributed by atoms with van der Waals surface area (Å²) in [6.45, 7) is 5.30. The molecule has 0 radical (unpaired) electrons. The van der Waals surface area contributed by atoms with Gasteiger partial charge in [-0.2, -0.15) is 5.10 Å². The fourth-order valence-electron chi connectivity index (χ4n) is 1.69. The quantitative estimate of drug-likeness (QED) is 0.808. The number of aromatic nitrogens is 3. The van der Waals surface area contributed by atoms with Gasteiger partial charge in [-0.25, -0.2) is 9.50 Å². The molecule has 5 heteroatoms. The molecule has 0 aliphatic rings. The van der Waals surface area contributed by atoms with E-state index in [0.29, 0.717) is 6.04 Å². The number of alkyl halides is 1. The van der Waals surface area contributed by atoms with Gasteiger partial charge in [-0.3, -0.25) is 0 Å². The van der Waals surface area contributed by atoms with Crippen molar-refractivity contribution in [3.05, 3.63) is 24.5 Å². The van der Waals surface area contributed by atoms with E-state index < -0.39 is 0 Å². The van der Waals surface area contributed by atoms with Crippen LogP contribution < -0.4 is 4.90 Å². The van der Waals surface area contributed by atoms with Gasteiger partial charge < -0.3 is 4.90 Å². The number of fused-ring (bicyclic) bond motifs is 1. The van der Waals surface area contributed by atoms with E-state index in [-0.39, 0.29) is 0 Å². The Balaban J connectivity index is 2.35. The van der Waals surface area contributed by atoms with Gasteiger partial charge in [0, 0.05) is 30.2 Å². The van der Waals surface area contributed by atoms with Gasteiger partial charge in [0.15, 0.2) is 5.65 Å². The van der Waals surface area contributed by atoms with Crippen molar-refractivity contribution in [1.82, 2.24) is 14.6 Å². The van der Waals surface area contributed by atoms with E-state index >= 15 is 0 Å². The number of halogens is 1. The first-order valence-electron chi connectivity index (χ1n) is 5.35. The molecule has 0 spiro atoms. The van der Waals surface area contributed by atoms with Crippen molar-refractivity contribution < 1.29 is 0 Å². The maximum atomic E-state index is 4.58. The molecule has 0 amide bonds. The number of anilines is 1. The molecule has 0 unspecified atom stereocenters. The molecule has 2 aromatic heterocycles. The zero-order valence-electron chi connectivity index (χ0n) is 9.47. The fourth-order valence-corrected chi connectivity index (χ4v) is 2.07. The molecule has 0 saturated carbocycles. The van der Waals surface area contributed by atoms with Crippen LogP contribution in [0.3, 0.4) is 0 Å². The van der Waals surface area contributed by atoms with Gasteiger partial charge in [-0.15, -0.1) is 0 Å². The van der Waals surface area contributed by atoms with Crippen LogP contribution in [0.4, 0.5) is 5.82 Å².